The third kappa shape index (κ3) is 3.90. The molecule has 0 aliphatic carbocycles. The highest BCUT2D eigenvalue weighted by atomic mass is 16.5. The second-order valence-corrected chi connectivity index (χ2v) is 3.60. The van der Waals surface area contributed by atoms with Crippen molar-refractivity contribution in [2.45, 2.75) is 20.3 Å². The Morgan fingerprint density at radius 3 is 2.88 bits per heavy atom. The molecule has 1 aromatic carbocycles. The highest BCUT2D eigenvalue weighted by molar-refractivity contribution is 5.91. The van der Waals surface area contributed by atoms with E-state index in [1.165, 1.54) is 0 Å². The molecule has 4 nitrogen and oxygen atoms in total. The predicted molar refractivity (Wildman–Crippen MR) is 62.6 cm³/mol. The summed E-state index contributed by atoms with van der Waals surface area (Å²) in [6.45, 7) is 4.41. The van der Waals surface area contributed by atoms with Crippen molar-refractivity contribution in [2.24, 2.45) is 0 Å². The molecule has 1 rings (SSSR count). The molecule has 0 atom stereocenters. The number of hydrogen-bond donors (Lipinski definition) is 2. The standard InChI is InChI=1S/C12H17NO3/c1-3-6-16-8-12(15)13-10-4-5-11(14)9(2)7-10/h4-5,7,14H,3,6,8H2,1-2H3,(H,13,15). The van der Waals surface area contributed by atoms with Gasteiger partial charge in [0, 0.05) is 12.3 Å². The van der Waals surface area contributed by atoms with Crippen molar-refractivity contribution < 1.29 is 14.6 Å². The number of anilines is 1. The molecule has 0 heterocycles. The van der Waals surface area contributed by atoms with Crippen molar-refractivity contribution in [3.63, 3.8) is 0 Å². The number of nitrogens with one attached hydrogen (secondary N) is 1. The average molecular weight is 223 g/mol. The van der Waals surface area contributed by atoms with E-state index in [9.17, 15) is 9.90 Å². The molecule has 0 bridgehead atoms. The molecule has 0 fully saturated rings. The van der Waals surface area contributed by atoms with Crippen LogP contribution in [0.25, 0.3) is 0 Å². The van der Waals surface area contributed by atoms with E-state index in [-0.39, 0.29) is 18.3 Å². The van der Waals surface area contributed by atoms with Gasteiger partial charge in [0.1, 0.15) is 12.4 Å². The zero-order valence-electron chi connectivity index (χ0n) is 9.62. The summed E-state index contributed by atoms with van der Waals surface area (Å²) in [6, 6.07) is 4.92. The van der Waals surface area contributed by atoms with Gasteiger partial charge in [-0.3, -0.25) is 4.79 Å². The van der Waals surface area contributed by atoms with Crippen LogP contribution < -0.4 is 5.32 Å². The lowest BCUT2D eigenvalue weighted by molar-refractivity contribution is -0.120. The number of benzene rings is 1. The van der Waals surface area contributed by atoms with E-state index < -0.39 is 0 Å². The first-order valence-electron chi connectivity index (χ1n) is 5.30. The summed E-state index contributed by atoms with van der Waals surface area (Å²) in [5.41, 5.74) is 1.40. The first-order chi connectivity index (χ1) is 7.63. The van der Waals surface area contributed by atoms with Gasteiger partial charge in [0.05, 0.1) is 0 Å². The number of phenols is 1. The fraction of sp³-hybridized carbons (Fsp3) is 0.417. The van der Waals surface area contributed by atoms with Crippen LogP contribution in [0.3, 0.4) is 0 Å². The van der Waals surface area contributed by atoms with Crippen LogP contribution in [0.2, 0.25) is 0 Å². The second kappa shape index (κ2) is 6.12. The van der Waals surface area contributed by atoms with Crippen molar-refractivity contribution in [1.82, 2.24) is 0 Å². The summed E-state index contributed by atoms with van der Waals surface area (Å²) in [4.78, 5) is 11.4. The van der Waals surface area contributed by atoms with Gasteiger partial charge < -0.3 is 15.2 Å². The number of aromatic hydroxyl groups is 1. The summed E-state index contributed by atoms with van der Waals surface area (Å²) in [6.07, 6.45) is 0.894. The molecule has 0 radical (unpaired) electrons. The number of amides is 1. The van der Waals surface area contributed by atoms with Crippen LogP contribution in [0.4, 0.5) is 5.69 Å². The lowest BCUT2D eigenvalue weighted by Gasteiger charge is -2.07. The van der Waals surface area contributed by atoms with Gasteiger partial charge >= 0.3 is 0 Å². The zero-order chi connectivity index (χ0) is 12.0. The van der Waals surface area contributed by atoms with Crippen LogP contribution in [0.1, 0.15) is 18.9 Å². The number of aryl methyl sites for hydroxylation is 1. The SMILES string of the molecule is CCCOCC(=O)Nc1ccc(O)c(C)c1. The first kappa shape index (κ1) is 12.5. The fourth-order valence-corrected chi connectivity index (χ4v) is 1.24. The van der Waals surface area contributed by atoms with E-state index in [0.717, 1.165) is 12.0 Å². The Morgan fingerprint density at radius 2 is 2.25 bits per heavy atom. The molecule has 0 saturated heterocycles. The summed E-state index contributed by atoms with van der Waals surface area (Å²) in [5.74, 6) is 0.0405. The molecule has 1 aromatic rings. The Labute approximate surface area is 95.2 Å². The maximum Gasteiger partial charge on any atom is 0.250 e. The van der Waals surface area contributed by atoms with E-state index in [1.807, 2.05) is 6.92 Å². The topological polar surface area (TPSA) is 58.6 Å². The Morgan fingerprint density at radius 1 is 1.50 bits per heavy atom. The molecule has 88 valence electrons. The third-order valence-electron chi connectivity index (χ3n) is 2.06. The van der Waals surface area contributed by atoms with Crippen molar-refractivity contribution in [1.29, 1.82) is 0 Å². The Hall–Kier alpha value is -1.55. The summed E-state index contributed by atoms with van der Waals surface area (Å²) in [5, 5.41) is 12.0. The highest BCUT2D eigenvalue weighted by Crippen LogP contribution is 2.19. The van der Waals surface area contributed by atoms with E-state index in [0.29, 0.717) is 12.3 Å². The number of phenolic OH excluding ortho intramolecular Hbond substituents is 1. The highest BCUT2D eigenvalue weighted by Gasteiger charge is 2.03. The maximum atomic E-state index is 11.4. The van der Waals surface area contributed by atoms with E-state index in [2.05, 4.69) is 5.32 Å². The molecule has 1 amide bonds. The van der Waals surface area contributed by atoms with Crippen molar-refractivity contribution in [2.75, 3.05) is 18.5 Å². The van der Waals surface area contributed by atoms with E-state index >= 15 is 0 Å². The fourth-order valence-electron chi connectivity index (χ4n) is 1.24. The molecule has 2 N–H and O–H groups in total. The molecule has 0 aliphatic heterocycles. The van der Waals surface area contributed by atoms with Crippen molar-refractivity contribution in [3.8, 4) is 5.75 Å². The van der Waals surface area contributed by atoms with E-state index in [1.54, 1.807) is 25.1 Å². The van der Waals surface area contributed by atoms with Crippen LogP contribution in [-0.4, -0.2) is 24.2 Å². The Kier molecular flexibility index (Phi) is 4.79. The normalized spacial score (nSPS) is 10.1. The van der Waals surface area contributed by atoms with Gasteiger partial charge in [-0.15, -0.1) is 0 Å². The quantitative estimate of drug-likeness (QED) is 0.593. The molecular formula is C12H17NO3. The van der Waals surface area contributed by atoms with Crippen molar-refractivity contribution >= 4 is 11.6 Å². The molecule has 0 aromatic heterocycles. The smallest absolute Gasteiger partial charge is 0.250 e. The molecule has 0 aliphatic rings. The predicted octanol–water partition coefficient (Wildman–Crippen LogP) is 2.07. The van der Waals surface area contributed by atoms with Crippen LogP contribution in [0, 0.1) is 6.92 Å². The summed E-state index contributed by atoms with van der Waals surface area (Å²) in [7, 11) is 0. The van der Waals surface area contributed by atoms with Crippen molar-refractivity contribution in [3.05, 3.63) is 23.8 Å². The van der Waals surface area contributed by atoms with Gasteiger partial charge in [-0.1, -0.05) is 6.92 Å². The molecule has 0 unspecified atom stereocenters. The number of rotatable bonds is 5. The van der Waals surface area contributed by atoms with Gasteiger partial charge in [-0.2, -0.15) is 0 Å². The number of ether oxygens (including phenoxy) is 1. The minimum atomic E-state index is -0.182. The zero-order valence-corrected chi connectivity index (χ0v) is 9.62. The van der Waals surface area contributed by atoms with Gasteiger partial charge in [-0.05, 0) is 37.1 Å². The van der Waals surface area contributed by atoms with Crippen LogP contribution in [-0.2, 0) is 9.53 Å². The minimum Gasteiger partial charge on any atom is -0.508 e. The lowest BCUT2D eigenvalue weighted by Crippen LogP contribution is -2.18. The Balaban J connectivity index is 2.46. The summed E-state index contributed by atoms with van der Waals surface area (Å²) < 4.78 is 5.11. The molecule has 0 saturated carbocycles. The average Bonchev–Trinajstić information content (AvgIpc) is 2.24. The number of hydrogen-bond acceptors (Lipinski definition) is 3. The first-order valence-corrected chi connectivity index (χ1v) is 5.30. The molecule has 0 spiro atoms. The van der Waals surface area contributed by atoms with E-state index in [4.69, 9.17) is 4.74 Å². The number of carbonyl (C=O) groups excluding carboxylic acids is 1. The lowest BCUT2D eigenvalue weighted by atomic mass is 10.2. The monoisotopic (exact) mass is 223 g/mol. The van der Waals surface area contributed by atoms with Crippen LogP contribution in [0.15, 0.2) is 18.2 Å². The third-order valence-corrected chi connectivity index (χ3v) is 2.06. The van der Waals surface area contributed by atoms with Gasteiger partial charge in [0.25, 0.3) is 0 Å². The molecular weight excluding hydrogens is 206 g/mol. The second-order valence-electron chi connectivity index (χ2n) is 3.60. The van der Waals surface area contributed by atoms with Gasteiger partial charge in [0.15, 0.2) is 0 Å². The molecule has 4 heteroatoms. The van der Waals surface area contributed by atoms with Gasteiger partial charge in [-0.25, -0.2) is 0 Å². The van der Waals surface area contributed by atoms with Crippen LogP contribution in [0.5, 0.6) is 5.75 Å². The van der Waals surface area contributed by atoms with Crippen LogP contribution >= 0.6 is 0 Å². The largest absolute Gasteiger partial charge is 0.508 e. The maximum absolute atomic E-state index is 11.4. The Bertz CT molecular complexity index is 363. The van der Waals surface area contributed by atoms with Gasteiger partial charge in [0.2, 0.25) is 5.91 Å². The minimum absolute atomic E-state index is 0.0633. The molecule has 16 heavy (non-hydrogen) atoms. The number of carbonyl (C=O) groups is 1. The summed E-state index contributed by atoms with van der Waals surface area (Å²) >= 11 is 0.